The number of nitrogens with one attached hydrogen (secondary N) is 1. The highest BCUT2D eigenvalue weighted by molar-refractivity contribution is 5.79. The molecule has 6 heteroatoms. The minimum absolute atomic E-state index is 0.421. The Labute approximate surface area is 127 Å². The van der Waals surface area contributed by atoms with E-state index in [4.69, 9.17) is 4.74 Å². The van der Waals surface area contributed by atoms with E-state index in [1.807, 2.05) is 30.2 Å². The van der Waals surface area contributed by atoms with Gasteiger partial charge in [-0.1, -0.05) is 0 Å². The quantitative estimate of drug-likeness (QED) is 0.489. The van der Waals surface area contributed by atoms with Gasteiger partial charge in [0.2, 0.25) is 0 Å². The molecule has 0 saturated carbocycles. The molecule has 1 saturated heterocycles. The number of hydrogen-bond acceptors (Lipinski definition) is 3. The lowest BCUT2D eigenvalue weighted by molar-refractivity contribution is 0.0264. The highest BCUT2D eigenvalue weighted by Crippen LogP contribution is 2.13. The first kappa shape index (κ1) is 15.8. The van der Waals surface area contributed by atoms with Crippen molar-refractivity contribution in [2.24, 2.45) is 4.99 Å². The molecule has 1 N–H and O–H groups in total. The minimum Gasteiger partial charge on any atom is -0.378 e. The molecule has 2 heterocycles. The van der Waals surface area contributed by atoms with E-state index < -0.39 is 0 Å². The van der Waals surface area contributed by atoms with Gasteiger partial charge in [-0.15, -0.1) is 0 Å². The van der Waals surface area contributed by atoms with Gasteiger partial charge < -0.3 is 15.0 Å². The second kappa shape index (κ2) is 8.67. The van der Waals surface area contributed by atoms with Crippen LogP contribution in [-0.4, -0.2) is 60.0 Å². The standard InChI is InChI=1S/C15H27N5O/c1-3-21-14-6-12-19(13-7-14)15(16-2)17-8-4-10-20-11-5-9-18-20/h5,9,11,14H,3-4,6-8,10,12-13H2,1-2H3,(H,16,17). The van der Waals surface area contributed by atoms with Crippen molar-refractivity contribution in [2.75, 3.05) is 33.3 Å². The molecule has 1 aliphatic heterocycles. The van der Waals surface area contributed by atoms with Gasteiger partial charge in [-0.25, -0.2) is 0 Å². The molecule has 0 amide bonds. The summed E-state index contributed by atoms with van der Waals surface area (Å²) in [6.07, 6.45) is 7.44. The van der Waals surface area contributed by atoms with Crippen LogP contribution in [0.25, 0.3) is 0 Å². The van der Waals surface area contributed by atoms with Crippen LogP contribution < -0.4 is 5.32 Å². The van der Waals surface area contributed by atoms with Crippen molar-refractivity contribution >= 4 is 5.96 Å². The first-order valence-corrected chi connectivity index (χ1v) is 7.88. The average Bonchev–Trinajstić information content (AvgIpc) is 3.02. The van der Waals surface area contributed by atoms with E-state index in [2.05, 4.69) is 27.2 Å². The molecule has 1 aromatic heterocycles. The Morgan fingerprint density at radius 1 is 1.43 bits per heavy atom. The molecule has 0 aliphatic carbocycles. The Morgan fingerprint density at radius 2 is 2.24 bits per heavy atom. The van der Waals surface area contributed by atoms with Gasteiger partial charge >= 0.3 is 0 Å². The van der Waals surface area contributed by atoms with Crippen molar-refractivity contribution in [1.29, 1.82) is 0 Å². The van der Waals surface area contributed by atoms with Crippen LogP contribution in [0.3, 0.4) is 0 Å². The number of aliphatic imine (C=N–C) groups is 1. The Bertz CT molecular complexity index is 410. The summed E-state index contributed by atoms with van der Waals surface area (Å²) >= 11 is 0. The average molecular weight is 293 g/mol. The molecular weight excluding hydrogens is 266 g/mol. The van der Waals surface area contributed by atoms with Crippen LogP contribution in [-0.2, 0) is 11.3 Å². The van der Waals surface area contributed by atoms with Gasteiger partial charge in [0.25, 0.3) is 0 Å². The maximum Gasteiger partial charge on any atom is 0.193 e. The van der Waals surface area contributed by atoms with Gasteiger partial charge in [0, 0.05) is 52.2 Å². The number of piperidine rings is 1. The summed E-state index contributed by atoms with van der Waals surface area (Å²) in [7, 11) is 1.85. The van der Waals surface area contributed by atoms with Crippen molar-refractivity contribution in [3.8, 4) is 0 Å². The number of rotatable bonds is 6. The number of aryl methyl sites for hydroxylation is 1. The summed E-state index contributed by atoms with van der Waals surface area (Å²) in [6.45, 7) is 6.76. The molecule has 0 atom stereocenters. The highest BCUT2D eigenvalue weighted by Gasteiger charge is 2.21. The van der Waals surface area contributed by atoms with E-state index in [0.717, 1.165) is 58.0 Å². The second-order valence-corrected chi connectivity index (χ2v) is 5.24. The monoisotopic (exact) mass is 293 g/mol. The summed E-state index contributed by atoms with van der Waals surface area (Å²) in [5, 5.41) is 7.65. The summed E-state index contributed by atoms with van der Waals surface area (Å²) in [5.41, 5.74) is 0. The zero-order valence-corrected chi connectivity index (χ0v) is 13.2. The summed E-state index contributed by atoms with van der Waals surface area (Å²) in [5.74, 6) is 1.01. The zero-order chi connectivity index (χ0) is 14.9. The molecule has 2 rings (SSSR count). The van der Waals surface area contributed by atoms with E-state index >= 15 is 0 Å². The molecule has 6 nitrogen and oxygen atoms in total. The fraction of sp³-hybridized carbons (Fsp3) is 0.733. The Morgan fingerprint density at radius 3 is 2.86 bits per heavy atom. The van der Waals surface area contributed by atoms with Crippen molar-refractivity contribution in [2.45, 2.75) is 38.8 Å². The number of ether oxygens (including phenoxy) is 1. The van der Waals surface area contributed by atoms with Crippen molar-refractivity contribution < 1.29 is 4.74 Å². The van der Waals surface area contributed by atoms with E-state index in [1.165, 1.54) is 0 Å². The fourth-order valence-electron chi connectivity index (χ4n) is 2.68. The van der Waals surface area contributed by atoms with Gasteiger partial charge in [0.1, 0.15) is 0 Å². The lowest BCUT2D eigenvalue weighted by Gasteiger charge is -2.34. The van der Waals surface area contributed by atoms with Crippen LogP contribution in [0.4, 0.5) is 0 Å². The molecule has 0 aromatic carbocycles. The third kappa shape index (κ3) is 5.04. The van der Waals surface area contributed by atoms with Gasteiger partial charge in [0.05, 0.1) is 6.10 Å². The van der Waals surface area contributed by atoms with Crippen LogP contribution in [0.2, 0.25) is 0 Å². The van der Waals surface area contributed by atoms with Crippen LogP contribution in [0.15, 0.2) is 23.5 Å². The van der Waals surface area contributed by atoms with Gasteiger partial charge in [-0.05, 0) is 32.3 Å². The molecule has 118 valence electrons. The topological polar surface area (TPSA) is 54.7 Å². The largest absolute Gasteiger partial charge is 0.378 e. The van der Waals surface area contributed by atoms with Crippen LogP contribution >= 0.6 is 0 Å². The van der Waals surface area contributed by atoms with Crippen molar-refractivity contribution in [1.82, 2.24) is 20.0 Å². The molecule has 1 aliphatic rings. The minimum atomic E-state index is 0.421. The molecule has 1 fully saturated rings. The van der Waals surface area contributed by atoms with Gasteiger partial charge in [-0.3, -0.25) is 9.67 Å². The SMILES string of the molecule is CCOC1CCN(C(=NC)NCCCn2cccn2)CC1. The van der Waals surface area contributed by atoms with E-state index in [1.54, 1.807) is 0 Å². The van der Waals surface area contributed by atoms with Crippen LogP contribution in [0.1, 0.15) is 26.2 Å². The zero-order valence-electron chi connectivity index (χ0n) is 13.2. The van der Waals surface area contributed by atoms with Crippen LogP contribution in [0, 0.1) is 0 Å². The van der Waals surface area contributed by atoms with Crippen molar-refractivity contribution in [3.05, 3.63) is 18.5 Å². The number of hydrogen-bond donors (Lipinski definition) is 1. The predicted molar refractivity (Wildman–Crippen MR) is 84.4 cm³/mol. The van der Waals surface area contributed by atoms with E-state index in [-0.39, 0.29) is 0 Å². The Kier molecular flexibility index (Phi) is 6.53. The van der Waals surface area contributed by atoms with Gasteiger partial charge in [0.15, 0.2) is 5.96 Å². The summed E-state index contributed by atoms with van der Waals surface area (Å²) < 4.78 is 7.64. The molecule has 21 heavy (non-hydrogen) atoms. The maximum atomic E-state index is 5.69. The predicted octanol–water partition coefficient (Wildman–Crippen LogP) is 1.35. The molecule has 0 radical (unpaired) electrons. The molecule has 1 aromatic rings. The van der Waals surface area contributed by atoms with Crippen LogP contribution in [0.5, 0.6) is 0 Å². The number of aromatic nitrogens is 2. The smallest absolute Gasteiger partial charge is 0.193 e. The van der Waals surface area contributed by atoms with E-state index in [9.17, 15) is 0 Å². The fourth-order valence-corrected chi connectivity index (χ4v) is 2.68. The van der Waals surface area contributed by atoms with Gasteiger partial charge in [-0.2, -0.15) is 5.10 Å². The van der Waals surface area contributed by atoms with E-state index in [0.29, 0.717) is 6.10 Å². The van der Waals surface area contributed by atoms with Crippen molar-refractivity contribution in [3.63, 3.8) is 0 Å². The first-order chi connectivity index (χ1) is 10.3. The lowest BCUT2D eigenvalue weighted by atomic mass is 10.1. The Balaban J connectivity index is 1.66. The number of guanidine groups is 1. The second-order valence-electron chi connectivity index (χ2n) is 5.24. The lowest BCUT2D eigenvalue weighted by Crippen LogP contribution is -2.47. The number of nitrogens with zero attached hydrogens (tertiary/aromatic N) is 4. The number of likely N-dealkylation sites (tertiary alicyclic amines) is 1. The molecule has 0 spiro atoms. The first-order valence-electron chi connectivity index (χ1n) is 7.88. The molecular formula is C15H27N5O. The maximum absolute atomic E-state index is 5.69. The third-order valence-corrected chi connectivity index (χ3v) is 3.76. The normalized spacial score (nSPS) is 17.2. The Hall–Kier alpha value is -1.56. The third-order valence-electron chi connectivity index (χ3n) is 3.76. The summed E-state index contributed by atoms with van der Waals surface area (Å²) in [4.78, 5) is 6.71. The highest BCUT2D eigenvalue weighted by atomic mass is 16.5. The summed E-state index contributed by atoms with van der Waals surface area (Å²) in [6, 6.07) is 1.95. The molecule has 0 bridgehead atoms. The molecule has 0 unspecified atom stereocenters.